The van der Waals surface area contributed by atoms with Crippen LogP contribution in [0.3, 0.4) is 0 Å². The van der Waals surface area contributed by atoms with E-state index in [1.54, 1.807) is 4.68 Å². The van der Waals surface area contributed by atoms with Gasteiger partial charge in [-0.3, -0.25) is 4.68 Å². The van der Waals surface area contributed by atoms with Gasteiger partial charge in [-0.1, -0.05) is 26.8 Å². The Morgan fingerprint density at radius 3 is 2.56 bits per heavy atom. The van der Waals surface area contributed by atoms with Crippen LogP contribution < -0.4 is 0 Å². The fourth-order valence-corrected chi connectivity index (χ4v) is 1.81. The zero-order valence-electron chi connectivity index (χ0n) is 10.1. The number of nitrogens with zero attached hydrogens (tertiary/aromatic N) is 3. The zero-order valence-corrected chi connectivity index (χ0v) is 10.1. The first-order valence-corrected chi connectivity index (χ1v) is 5.31. The smallest absolute Gasteiger partial charge is 0.170 e. The maximum absolute atomic E-state index is 8.95. The average molecular weight is 213 g/mol. The number of benzene rings is 1. The molecule has 0 saturated heterocycles. The van der Waals surface area contributed by atoms with Gasteiger partial charge in [-0.2, -0.15) is 10.4 Å². The number of aryl methyl sites for hydroxylation is 1. The monoisotopic (exact) mass is 213 g/mol. The largest absolute Gasteiger partial charge is 0.267 e. The van der Waals surface area contributed by atoms with E-state index in [1.807, 2.05) is 13.1 Å². The Hall–Kier alpha value is -1.82. The van der Waals surface area contributed by atoms with E-state index in [9.17, 15) is 0 Å². The summed E-state index contributed by atoms with van der Waals surface area (Å²) in [6, 6.07) is 8.29. The van der Waals surface area contributed by atoms with Gasteiger partial charge in [0, 0.05) is 12.4 Å². The molecule has 0 radical (unpaired) electrons. The van der Waals surface area contributed by atoms with Crippen LogP contribution in [0.2, 0.25) is 0 Å². The maximum Gasteiger partial charge on any atom is 0.170 e. The Kier molecular flexibility index (Phi) is 2.23. The lowest BCUT2D eigenvalue weighted by Crippen LogP contribution is -2.10. The molecular weight excluding hydrogens is 198 g/mol. The summed E-state index contributed by atoms with van der Waals surface area (Å²) < 4.78 is 1.77. The highest BCUT2D eigenvalue weighted by Crippen LogP contribution is 2.27. The van der Waals surface area contributed by atoms with Crippen molar-refractivity contribution >= 4 is 10.9 Å². The minimum atomic E-state index is 0.116. The van der Waals surface area contributed by atoms with Crippen molar-refractivity contribution in [2.24, 2.45) is 7.05 Å². The molecule has 0 unspecified atom stereocenters. The minimum Gasteiger partial charge on any atom is -0.267 e. The lowest BCUT2D eigenvalue weighted by Gasteiger charge is -2.18. The van der Waals surface area contributed by atoms with Crippen molar-refractivity contribution in [2.75, 3.05) is 0 Å². The zero-order chi connectivity index (χ0) is 11.9. The Morgan fingerprint density at radius 2 is 2.00 bits per heavy atom. The van der Waals surface area contributed by atoms with Gasteiger partial charge in [0.05, 0.1) is 5.52 Å². The fraction of sp³-hybridized carbons (Fsp3) is 0.385. The molecule has 0 fully saturated rings. The van der Waals surface area contributed by atoms with E-state index in [-0.39, 0.29) is 5.41 Å². The Bertz CT molecular complexity index is 579. The molecule has 16 heavy (non-hydrogen) atoms. The van der Waals surface area contributed by atoms with Gasteiger partial charge in [-0.15, -0.1) is 0 Å². The van der Waals surface area contributed by atoms with Gasteiger partial charge in [-0.05, 0) is 23.1 Å². The van der Waals surface area contributed by atoms with Crippen molar-refractivity contribution in [3.8, 4) is 6.07 Å². The van der Waals surface area contributed by atoms with Crippen molar-refractivity contribution in [1.29, 1.82) is 5.26 Å². The maximum atomic E-state index is 8.95. The third-order valence-corrected chi connectivity index (χ3v) is 2.82. The summed E-state index contributed by atoms with van der Waals surface area (Å²) in [6.45, 7) is 6.53. The number of aromatic nitrogens is 2. The minimum absolute atomic E-state index is 0.116. The molecule has 0 amide bonds. The van der Waals surface area contributed by atoms with E-state index in [1.165, 1.54) is 5.56 Å². The summed E-state index contributed by atoms with van der Waals surface area (Å²) in [6.07, 6.45) is 0. The van der Waals surface area contributed by atoms with Crippen molar-refractivity contribution in [3.05, 3.63) is 29.5 Å². The SMILES string of the molecule is Cn1nc(C#N)c2ccc(C(C)(C)C)cc21. The fourth-order valence-electron chi connectivity index (χ4n) is 1.81. The summed E-state index contributed by atoms with van der Waals surface area (Å²) >= 11 is 0. The van der Waals surface area contributed by atoms with E-state index in [2.05, 4.69) is 44.1 Å². The topological polar surface area (TPSA) is 41.6 Å². The molecule has 3 heteroatoms. The van der Waals surface area contributed by atoms with Gasteiger partial charge in [-0.25, -0.2) is 0 Å². The predicted molar refractivity (Wildman–Crippen MR) is 64.1 cm³/mol. The first-order chi connectivity index (χ1) is 7.43. The van der Waals surface area contributed by atoms with Gasteiger partial charge in [0.25, 0.3) is 0 Å². The number of rotatable bonds is 0. The molecule has 3 nitrogen and oxygen atoms in total. The van der Waals surface area contributed by atoms with Crippen LogP contribution in [0, 0.1) is 11.3 Å². The first kappa shape index (κ1) is 10.7. The van der Waals surface area contributed by atoms with E-state index < -0.39 is 0 Å². The van der Waals surface area contributed by atoms with Gasteiger partial charge in [0.1, 0.15) is 6.07 Å². The third-order valence-electron chi connectivity index (χ3n) is 2.82. The molecule has 1 aromatic heterocycles. The second-order valence-electron chi connectivity index (χ2n) is 5.07. The van der Waals surface area contributed by atoms with E-state index in [0.29, 0.717) is 5.69 Å². The molecule has 0 aliphatic rings. The molecule has 0 saturated carbocycles. The normalized spacial score (nSPS) is 11.7. The van der Waals surface area contributed by atoms with Crippen molar-refractivity contribution in [2.45, 2.75) is 26.2 Å². The second-order valence-corrected chi connectivity index (χ2v) is 5.07. The lowest BCUT2D eigenvalue weighted by molar-refractivity contribution is 0.590. The highest BCUT2D eigenvalue weighted by molar-refractivity contribution is 5.84. The summed E-state index contributed by atoms with van der Waals surface area (Å²) in [5.41, 5.74) is 2.89. The van der Waals surface area contributed by atoms with Crippen LogP contribution in [-0.2, 0) is 12.5 Å². The van der Waals surface area contributed by atoms with Crippen LogP contribution in [0.5, 0.6) is 0 Å². The standard InChI is InChI=1S/C13H15N3/c1-13(2,3)9-5-6-10-11(8-14)15-16(4)12(10)7-9/h5-7H,1-4H3. The molecule has 2 rings (SSSR count). The van der Waals surface area contributed by atoms with Crippen molar-refractivity contribution in [1.82, 2.24) is 9.78 Å². The number of fused-ring (bicyclic) bond motifs is 1. The molecule has 0 atom stereocenters. The summed E-state index contributed by atoms with van der Waals surface area (Å²) in [5.74, 6) is 0. The van der Waals surface area contributed by atoms with Gasteiger partial charge in [0.2, 0.25) is 0 Å². The molecule has 0 N–H and O–H groups in total. The summed E-state index contributed by atoms with van der Waals surface area (Å²) in [7, 11) is 1.87. The van der Waals surface area contributed by atoms with Gasteiger partial charge >= 0.3 is 0 Å². The van der Waals surface area contributed by atoms with Crippen molar-refractivity contribution in [3.63, 3.8) is 0 Å². The Labute approximate surface area is 95.3 Å². The van der Waals surface area contributed by atoms with Crippen LogP contribution >= 0.6 is 0 Å². The molecule has 0 aliphatic carbocycles. The summed E-state index contributed by atoms with van der Waals surface area (Å²) in [4.78, 5) is 0. The third kappa shape index (κ3) is 1.57. The van der Waals surface area contributed by atoms with E-state index in [4.69, 9.17) is 5.26 Å². The Balaban J connectivity index is 2.74. The number of hydrogen-bond donors (Lipinski definition) is 0. The molecule has 0 bridgehead atoms. The van der Waals surface area contributed by atoms with Gasteiger partial charge < -0.3 is 0 Å². The highest BCUT2D eigenvalue weighted by Gasteiger charge is 2.16. The second kappa shape index (κ2) is 3.34. The number of hydrogen-bond acceptors (Lipinski definition) is 2. The summed E-state index contributed by atoms with van der Waals surface area (Å²) in [5, 5.41) is 14.1. The van der Waals surface area contributed by atoms with E-state index >= 15 is 0 Å². The lowest BCUT2D eigenvalue weighted by atomic mass is 9.86. The van der Waals surface area contributed by atoms with Crippen LogP contribution in [0.1, 0.15) is 32.0 Å². The quantitative estimate of drug-likeness (QED) is 0.675. The number of nitriles is 1. The molecule has 1 heterocycles. The van der Waals surface area contributed by atoms with Gasteiger partial charge in [0.15, 0.2) is 5.69 Å². The molecule has 0 aliphatic heterocycles. The van der Waals surface area contributed by atoms with Crippen LogP contribution in [-0.4, -0.2) is 9.78 Å². The predicted octanol–water partition coefficient (Wildman–Crippen LogP) is 2.74. The molecule has 0 spiro atoms. The Morgan fingerprint density at radius 1 is 1.31 bits per heavy atom. The molecular formula is C13H15N3. The van der Waals surface area contributed by atoms with Crippen LogP contribution in [0.4, 0.5) is 0 Å². The molecule has 1 aromatic carbocycles. The van der Waals surface area contributed by atoms with Crippen molar-refractivity contribution < 1.29 is 0 Å². The van der Waals surface area contributed by atoms with E-state index in [0.717, 1.165) is 10.9 Å². The average Bonchev–Trinajstić information content (AvgIpc) is 2.54. The van der Waals surface area contributed by atoms with Crippen LogP contribution in [0.25, 0.3) is 10.9 Å². The highest BCUT2D eigenvalue weighted by atomic mass is 15.3. The molecule has 2 aromatic rings. The first-order valence-electron chi connectivity index (χ1n) is 5.31. The molecule has 82 valence electrons. The van der Waals surface area contributed by atoms with Crippen LogP contribution in [0.15, 0.2) is 18.2 Å².